The molecule has 0 unspecified atom stereocenters. The van der Waals surface area contributed by atoms with E-state index in [2.05, 4.69) is 4.98 Å². The van der Waals surface area contributed by atoms with E-state index in [0.717, 1.165) is 27.4 Å². The third-order valence-corrected chi connectivity index (χ3v) is 5.44. The number of rotatable bonds is 4. The van der Waals surface area contributed by atoms with Crippen molar-refractivity contribution in [3.8, 4) is 5.69 Å². The SMILES string of the molecule is CC(C)N(C(=O)O)C(C)(C)c1nn(-c2ccncc2)c2ccc3cc(F)ccc3c12.Cl. The van der Waals surface area contributed by atoms with Crippen molar-refractivity contribution in [1.29, 1.82) is 0 Å². The fraction of sp³-hybridized carbons (Fsp3) is 0.261. The first-order valence-electron chi connectivity index (χ1n) is 9.76. The van der Waals surface area contributed by atoms with Gasteiger partial charge < -0.3 is 5.11 Å². The molecule has 1 amide bonds. The summed E-state index contributed by atoms with van der Waals surface area (Å²) in [6, 6.07) is 11.8. The van der Waals surface area contributed by atoms with Crippen LogP contribution < -0.4 is 0 Å². The van der Waals surface area contributed by atoms with E-state index in [9.17, 15) is 14.3 Å². The summed E-state index contributed by atoms with van der Waals surface area (Å²) in [5.74, 6) is -0.321. The highest BCUT2D eigenvalue weighted by molar-refractivity contribution is 6.08. The maximum atomic E-state index is 13.9. The molecule has 162 valence electrons. The molecule has 0 aliphatic rings. The summed E-state index contributed by atoms with van der Waals surface area (Å²) >= 11 is 0. The first-order chi connectivity index (χ1) is 14.2. The summed E-state index contributed by atoms with van der Waals surface area (Å²) in [5, 5.41) is 17.2. The summed E-state index contributed by atoms with van der Waals surface area (Å²) in [6.45, 7) is 7.38. The van der Waals surface area contributed by atoms with Gasteiger partial charge in [-0.05, 0) is 68.8 Å². The van der Waals surface area contributed by atoms with Gasteiger partial charge in [0.2, 0.25) is 0 Å². The van der Waals surface area contributed by atoms with E-state index in [1.165, 1.54) is 17.0 Å². The fourth-order valence-electron chi connectivity index (χ4n) is 4.25. The van der Waals surface area contributed by atoms with E-state index in [1.807, 2.05) is 52.0 Å². The van der Waals surface area contributed by atoms with Crippen LogP contribution in [-0.2, 0) is 5.54 Å². The zero-order valence-electron chi connectivity index (χ0n) is 17.7. The van der Waals surface area contributed by atoms with Crippen molar-refractivity contribution in [3.63, 3.8) is 0 Å². The Balaban J connectivity index is 0.00000272. The van der Waals surface area contributed by atoms with Crippen LogP contribution in [-0.4, -0.2) is 36.9 Å². The van der Waals surface area contributed by atoms with Crippen LogP contribution in [0, 0.1) is 5.82 Å². The van der Waals surface area contributed by atoms with Crippen molar-refractivity contribution < 1.29 is 14.3 Å². The van der Waals surface area contributed by atoms with Crippen molar-refractivity contribution in [2.24, 2.45) is 0 Å². The molecule has 0 atom stereocenters. The molecule has 4 aromatic rings. The second kappa shape index (κ2) is 8.15. The van der Waals surface area contributed by atoms with Crippen LogP contribution in [0.1, 0.15) is 33.4 Å². The Bertz CT molecular complexity index is 1250. The van der Waals surface area contributed by atoms with Gasteiger partial charge in [0.25, 0.3) is 0 Å². The summed E-state index contributed by atoms with van der Waals surface area (Å²) in [5.41, 5.74) is 1.31. The van der Waals surface area contributed by atoms with Gasteiger partial charge in [-0.2, -0.15) is 5.10 Å². The number of pyridine rings is 1. The molecule has 0 saturated heterocycles. The highest BCUT2D eigenvalue weighted by Gasteiger charge is 2.39. The molecule has 8 heteroatoms. The smallest absolute Gasteiger partial charge is 0.408 e. The average Bonchev–Trinajstić information content (AvgIpc) is 3.08. The van der Waals surface area contributed by atoms with E-state index < -0.39 is 11.6 Å². The molecule has 2 heterocycles. The molecule has 0 bridgehead atoms. The van der Waals surface area contributed by atoms with Crippen LogP contribution >= 0.6 is 12.4 Å². The van der Waals surface area contributed by atoms with Gasteiger partial charge in [0.1, 0.15) is 5.82 Å². The number of nitrogens with zero attached hydrogens (tertiary/aromatic N) is 4. The number of hydrogen-bond donors (Lipinski definition) is 1. The predicted octanol–water partition coefficient (Wildman–Crippen LogP) is 5.76. The third-order valence-electron chi connectivity index (χ3n) is 5.44. The van der Waals surface area contributed by atoms with E-state index in [4.69, 9.17) is 5.10 Å². The van der Waals surface area contributed by atoms with Crippen LogP contribution in [0.5, 0.6) is 0 Å². The minimum atomic E-state index is -1.02. The molecule has 0 aliphatic carbocycles. The lowest BCUT2D eigenvalue weighted by Crippen LogP contribution is -2.49. The Kier molecular flexibility index (Phi) is 5.91. The molecule has 2 aromatic heterocycles. The lowest BCUT2D eigenvalue weighted by atomic mass is 9.92. The number of aromatic nitrogens is 3. The molecule has 0 saturated carbocycles. The van der Waals surface area contributed by atoms with Crippen molar-refractivity contribution in [2.75, 3.05) is 0 Å². The first kappa shape index (κ1) is 22.5. The fourth-order valence-corrected chi connectivity index (χ4v) is 4.25. The first-order valence-corrected chi connectivity index (χ1v) is 9.76. The van der Waals surface area contributed by atoms with Crippen LogP contribution in [0.4, 0.5) is 9.18 Å². The van der Waals surface area contributed by atoms with E-state index in [0.29, 0.717) is 5.69 Å². The Morgan fingerprint density at radius 1 is 1.13 bits per heavy atom. The minimum Gasteiger partial charge on any atom is -0.465 e. The standard InChI is InChI=1S/C23H23FN4O2.ClH/c1-14(2)27(22(29)30)23(3,4)21-20-18-7-6-16(24)13-15(18)5-8-19(20)28(26-21)17-9-11-25-12-10-17;/h5-14H,1-4H3,(H,29,30);1H. The molecule has 0 aliphatic heterocycles. The summed E-state index contributed by atoms with van der Waals surface area (Å²) < 4.78 is 15.7. The Morgan fingerprint density at radius 2 is 1.81 bits per heavy atom. The largest absolute Gasteiger partial charge is 0.465 e. The molecule has 0 fully saturated rings. The molecule has 6 nitrogen and oxygen atoms in total. The number of carbonyl (C=O) groups is 1. The molecule has 0 radical (unpaired) electrons. The van der Waals surface area contributed by atoms with Gasteiger partial charge in [-0.15, -0.1) is 12.4 Å². The van der Waals surface area contributed by atoms with Gasteiger partial charge in [0.05, 0.1) is 22.4 Å². The monoisotopic (exact) mass is 442 g/mol. The zero-order valence-corrected chi connectivity index (χ0v) is 18.5. The summed E-state index contributed by atoms with van der Waals surface area (Å²) in [7, 11) is 0. The number of benzene rings is 2. The van der Waals surface area contributed by atoms with Gasteiger partial charge >= 0.3 is 6.09 Å². The van der Waals surface area contributed by atoms with Gasteiger partial charge in [0, 0.05) is 23.8 Å². The van der Waals surface area contributed by atoms with E-state index in [-0.39, 0.29) is 24.3 Å². The van der Waals surface area contributed by atoms with Crippen LogP contribution in [0.25, 0.3) is 27.4 Å². The minimum absolute atomic E-state index is 0. The van der Waals surface area contributed by atoms with Crippen molar-refractivity contribution in [3.05, 3.63) is 66.4 Å². The second-order valence-electron chi connectivity index (χ2n) is 8.10. The van der Waals surface area contributed by atoms with Gasteiger partial charge in [-0.25, -0.2) is 13.9 Å². The van der Waals surface area contributed by atoms with Crippen LogP contribution in [0.2, 0.25) is 0 Å². The van der Waals surface area contributed by atoms with E-state index in [1.54, 1.807) is 23.1 Å². The highest BCUT2D eigenvalue weighted by atomic mass is 35.5. The average molecular weight is 443 g/mol. The molecule has 1 N–H and O–H groups in total. The molecule has 4 rings (SSSR count). The second-order valence-corrected chi connectivity index (χ2v) is 8.10. The Labute approximate surface area is 185 Å². The molecular formula is C23H24ClFN4O2. The lowest BCUT2D eigenvalue weighted by Gasteiger charge is -2.38. The molecule has 31 heavy (non-hydrogen) atoms. The Hall–Kier alpha value is -3.19. The van der Waals surface area contributed by atoms with Crippen molar-refractivity contribution >= 4 is 40.2 Å². The van der Waals surface area contributed by atoms with Gasteiger partial charge in [-0.3, -0.25) is 9.88 Å². The topological polar surface area (TPSA) is 71.2 Å². The van der Waals surface area contributed by atoms with Gasteiger partial charge in [0.15, 0.2) is 0 Å². The zero-order chi connectivity index (χ0) is 21.6. The molecular weight excluding hydrogens is 419 g/mol. The summed E-state index contributed by atoms with van der Waals surface area (Å²) in [6.07, 6.45) is 2.34. The number of hydrogen-bond acceptors (Lipinski definition) is 3. The normalized spacial score (nSPS) is 11.7. The quantitative estimate of drug-likeness (QED) is 0.436. The van der Waals surface area contributed by atoms with Gasteiger partial charge in [-0.1, -0.05) is 12.1 Å². The van der Waals surface area contributed by atoms with Crippen LogP contribution in [0.15, 0.2) is 54.9 Å². The number of amides is 1. The number of halogens is 2. The van der Waals surface area contributed by atoms with Crippen LogP contribution in [0.3, 0.4) is 0 Å². The highest BCUT2D eigenvalue weighted by Crippen LogP contribution is 2.38. The molecule has 0 spiro atoms. The van der Waals surface area contributed by atoms with Crippen molar-refractivity contribution in [2.45, 2.75) is 39.3 Å². The lowest BCUT2D eigenvalue weighted by molar-refractivity contribution is 0.0692. The summed E-state index contributed by atoms with van der Waals surface area (Å²) in [4.78, 5) is 17.6. The molecule has 2 aromatic carbocycles. The predicted molar refractivity (Wildman–Crippen MR) is 122 cm³/mol. The van der Waals surface area contributed by atoms with Crippen molar-refractivity contribution in [1.82, 2.24) is 19.7 Å². The maximum Gasteiger partial charge on any atom is 0.408 e. The number of fused-ring (bicyclic) bond motifs is 3. The third kappa shape index (κ3) is 3.70. The Morgan fingerprint density at radius 3 is 2.42 bits per heavy atom. The number of carboxylic acid groups (broad SMARTS) is 1. The maximum absolute atomic E-state index is 13.9. The van der Waals surface area contributed by atoms with E-state index >= 15 is 0 Å².